The number of thiophene rings is 1. The lowest BCUT2D eigenvalue weighted by Gasteiger charge is -2.32. The third kappa shape index (κ3) is 2.22. The molecule has 0 unspecified atom stereocenters. The van der Waals surface area contributed by atoms with Gasteiger partial charge in [0.15, 0.2) is 0 Å². The number of hydrogen-bond donors (Lipinski definition) is 0. The molecule has 3 saturated heterocycles. The fourth-order valence-electron chi connectivity index (χ4n) is 4.49. The lowest BCUT2D eigenvalue weighted by Crippen LogP contribution is -2.42. The molecule has 1 amide bonds. The van der Waals surface area contributed by atoms with Gasteiger partial charge < -0.3 is 9.64 Å². The van der Waals surface area contributed by atoms with Crippen LogP contribution in [0.1, 0.15) is 26.2 Å². The van der Waals surface area contributed by atoms with Crippen LogP contribution in [0.2, 0.25) is 0 Å². The summed E-state index contributed by atoms with van der Waals surface area (Å²) in [6, 6.07) is 2.68. The maximum atomic E-state index is 13.1. The lowest BCUT2D eigenvalue weighted by atomic mass is 9.78. The molecule has 1 aromatic heterocycles. The van der Waals surface area contributed by atoms with Crippen LogP contribution in [-0.4, -0.2) is 49.7 Å². The van der Waals surface area contributed by atoms with Gasteiger partial charge in [0.2, 0.25) is 5.91 Å². The van der Waals surface area contributed by atoms with Crippen molar-refractivity contribution in [3.8, 4) is 0 Å². The number of likely N-dealkylation sites (tertiary alicyclic amines) is 1. The highest BCUT2D eigenvalue weighted by Crippen LogP contribution is 2.47. The summed E-state index contributed by atoms with van der Waals surface area (Å²) in [5, 5.41) is 4.15. The van der Waals surface area contributed by atoms with Gasteiger partial charge in [0.05, 0.1) is 11.1 Å². The molecule has 3 fully saturated rings. The van der Waals surface area contributed by atoms with Crippen molar-refractivity contribution in [3.05, 3.63) is 16.8 Å². The highest BCUT2D eigenvalue weighted by atomic mass is 32.1. The van der Waals surface area contributed by atoms with E-state index in [0.717, 1.165) is 57.8 Å². The minimum atomic E-state index is -0.153. The van der Waals surface area contributed by atoms with Gasteiger partial charge in [0.1, 0.15) is 0 Å². The topological polar surface area (TPSA) is 32.8 Å². The second kappa shape index (κ2) is 5.62. The maximum Gasteiger partial charge on any atom is 0.234 e. The van der Waals surface area contributed by atoms with E-state index in [-0.39, 0.29) is 5.41 Å². The molecule has 3 aliphatic rings. The van der Waals surface area contributed by atoms with Gasteiger partial charge in [-0.3, -0.25) is 9.69 Å². The molecule has 1 spiro atoms. The van der Waals surface area contributed by atoms with Gasteiger partial charge in [-0.2, -0.15) is 11.3 Å². The summed E-state index contributed by atoms with van der Waals surface area (Å²) in [6.07, 6.45) is 3.24. The van der Waals surface area contributed by atoms with Crippen molar-refractivity contribution in [2.24, 2.45) is 11.3 Å². The summed E-state index contributed by atoms with van der Waals surface area (Å²) >= 11 is 1.67. The van der Waals surface area contributed by atoms with Crippen LogP contribution in [0, 0.1) is 11.3 Å². The van der Waals surface area contributed by atoms with Crippen LogP contribution in [0.4, 0.5) is 5.69 Å². The predicted octanol–water partition coefficient (Wildman–Crippen LogP) is 2.60. The Hall–Kier alpha value is -0.910. The van der Waals surface area contributed by atoms with E-state index in [1.165, 1.54) is 0 Å². The summed E-state index contributed by atoms with van der Waals surface area (Å²) in [6.45, 7) is 6.90. The Balaban J connectivity index is 1.53. The fourth-order valence-corrected chi connectivity index (χ4v) is 5.13. The number of rotatable bonds is 2. The smallest absolute Gasteiger partial charge is 0.234 e. The predicted molar refractivity (Wildman–Crippen MR) is 88.3 cm³/mol. The second-order valence-electron chi connectivity index (χ2n) is 7.02. The maximum absolute atomic E-state index is 13.1. The van der Waals surface area contributed by atoms with Gasteiger partial charge in [-0.25, -0.2) is 0 Å². The normalized spacial score (nSPS) is 34.1. The van der Waals surface area contributed by atoms with Crippen molar-refractivity contribution in [1.29, 1.82) is 0 Å². The standard InChI is InChI=1S/C17H24N2O2S/c1-13-10-18(14-2-7-21-8-3-14)12-17(13)5-6-19(16(17)20)15-4-9-22-11-15/h4,9,11,13-14H,2-3,5-8,10,12H2,1H3/t13-,17-/m1/s1. The minimum absolute atomic E-state index is 0.153. The summed E-state index contributed by atoms with van der Waals surface area (Å²) in [5.41, 5.74) is 0.934. The molecule has 0 N–H and O–H groups in total. The highest BCUT2D eigenvalue weighted by molar-refractivity contribution is 7.08. The SMILES string of the molecule is C[C@@H]1CN(C2CCOCC2)C[C@]12CCN(c1ccsc1)C2=O. The third-order valence-electron chi connectivity index (χ3n) is 5.91. The van der Waals surface area contributed by atoms with Crippen LogP contribution in [0.5, 0.6) is 0 Å². The van der Waals surface area contributed by atoms with Crippen molar-refractivity contribution < 1.29 is 9.53 Å². The molecule has 4 nitrogen and oxygen atoms in total. The summed E-state index contributed by atoms with van der Waals surface area (Å²) in [7, 11) is 0. The molecule has 0 bridgehead atoms. The molecular weight excluding hydrogens is 296 g/mol. The quantitative estimate of drug-likeness (QED) is 0.840. The first kappa shape index (κ1) is 14.7. The summed E-state index contributed by atoms with van der Waals surface area (Å²) in [5.74, 6) is 0.805. The Kier molecular flexibility index (Phi) is 3.75. The second-order valence-corrected chi connectivity index (χ2v) is 7.80. The van der Waals surface area contributed by atoms with Crippen molar-refractivity contribution in [1.82, 2.24) is 4.90 Å². The molecule has 5 heteroatoms. The number of carbonyl (C=O) groups excluding carboxylic acids is 1. The Morgan fingerprint density at radius 1 is 1.36 bits per heavy atom. The molecule has 1 aromatic rings. The van der Waals surface area contributed by atoms with E-state index >= 15 is 0 Å². The van der Waals surface area contributed by atoms with Crippen LogP contribution in [0.3, 0.4) is 0 Å². The van der Waals surface area contributed by atoms with Crippen LogP contribution in [0.25, 0.3) is 0 Å². The average Bonchev–Trinajstić information content (AvgIpc) is 3.24. The van der Waals surface area contributed by atoms with Gasteiger partial charge in [-0.1, -0.05) is 6.92 Å². The zero-order valence-corrected chi connectivity index (χ0v) is 14.0. The molecule has 2 atom stereocenters. The van der Waals surface area contributed by atoms with Crippen LogP contribution < -0.4 is 4.90 Å². The molecule has 120 valence electrons. The van der Waals surface area contributed by atoms with E-state index in [4.69, 9.17) is 4.74 Å². The molecule has 0 aromatic carbocycles. The Morgan fingerprint density at radius 2 is 2.18 bits per heavy atom. The molecule has 4 rings (SSSR count). The Morgan fingerprint density at radius 3 is 2.91 bits per heavy atom. The van der Waals surface area contributed by atoms with Gasteiger partial charge in [-0.15, -0.1) is 0 Å². The first-order valence-electron chi connectivity index (χ1n) is 8.37. The van der Waals surface area contributed by atoms with E-state index in [1.54, 1.807) is 11.3 Å². The third-order valence-corrected chi connectivity index (χ3v) is 6.59. The molecule has 22 heavy (non-hydrogen) atoms. The van der Waals surface area contributed by atoms with Gasteiger partial charge in [-0.05, 0) is 36.6 Å². The number of ether oxygens (including phenoxy) is 1. The highest BCUT2D eigenvalue weighted by Gasteiger charge is 2.56. The minimum Gasteiger partial charge on any atom is -0.381 e. The fraction of sp³-hybridized carbons (Fsp3) is 0.706. The zero-order chi connectivity index (χ0) is 15.2. The zero-order valence-electron chi connectivity index (χ0n) is 13.2. The molecule has 0 radical (unpaired) electrons. The largest absolute Gasteiger partial charge is 0.381 e. The van der Waals surface area contributed by atoms with E-state index in [9.17, 15) is 4.79 Å². The number of carbonyl (C=O) groups is 1. The van der Waals surface area contributed by atoms with Gasteiger partial charge in [0.25, 0.3) is 0 Å². The average molecular weight is 320 g/mol. The number of amides is 1. The molecule has 0 aliphatic carbocycles. The number of hydrogen-bond acceptors (Lipinski definition) is 4. The van der Waals surface area contributed by atoms with Gasteiger partial charge >= 0.3 is 0 Å². The molecule has 3 aliphatic heterocycles. The first-order valence-corrected chi connectivity index (χ1v) is 9.31. The molecule has 0 saturated carbocycles. The Labute approximate surface area is 136 Å². The van der Waals surface area contributed by atoms with E-state index in [2.05, 4.69) is 28.7 Å². The van der Waals surface area contributed by atoms with E-state index in [1.807, 2.05) is 4.90 Å². The summed E-state index contributed by atoms with van der Waals surface area (Å²) in [4.78, 5) is 17.7. The van der Waals surface area contributed by atoms with Crippen LogP contribution in [-0.2, 0) is 9.53 Å². The van der Waals surface area contributed by atoms with Crippen molar-refractivity contribution in [3.63, 3.8) is 0 Å². The van der Waals surface area contributed by atoms with Crippen LogP contribution >= 0.6 is 11.3 Å². The number of nitrogens with zero attached hydrogens (tertiary/aromatic N) is 2. The van der Waals surface area contributed by atoms with E-state index in [0.29, 0.717) is 17.9 Å². The first-order chi connectivity index (χ1) is 10.7. The Bertz CT molecular complexity index is 541. The lowest BCUT2D eigenvalue weighted by molar-refractivity contribution is -0.126. The molecule has 4 heterocycles. The van der Waals surface area contributed by atoms with Gasteiger partial charge in [0, 0.05) is 44.3 Å². The molecular formula is C17H24N2O2S. The van der Waals surface area contributed by atoms with Crippen molar-refractivity contribution >= 4 is 22.9 Å². The van der Waals surface area contributed by atoms with Crippen molar-refractivity contribution in [2.45, 2.75) is 32.2 Å². The van der Waals surface area contributed by atoms with Crippen LogP contribution in [0.15, 0.2) is 16.8 Å². The van der Waals surface area contributed by atoms with Crippen molar-refractivity contribution in [2.75, 3.05) is 37.7 Å². The monoisotopic (exact) mass is 320 g/mol. The summed E-state index contributed by atoms with van der Waals surface area (Å²) < 4.78 is 5.49. The number of anilines is 1. The van der Waals surface area contributed by atoms with E-state index < -0.39 is 0 Å².